The molecule has 0 spiro atoms. The third-order valence-corrected chi connectivity index (χ3v) is 6.34. The average Bonchev–Trinajstić information content (AvgIpc) is 3.44. The van der Waals surface area contributed by atoms with Crippen molar-refractivity contribution in [2.24, 2.45) is 0 Å². The first-order chi connectivity index (χ1) is 14.5. The predicted octanol–water partition coefficient (Wildman–Crippen LogP) is 2.94. The number of aromatic amines is 1. The number of anilines is 1. The van der Waals surface area contributed by atoms with E-state index in [1.165, 1.54) is 22.2 Å². The molecule has 158 valence electrons. The summed E-state index contributed by atoms with van der Waals surface area (Å²) in [4.78, 5) is 20.4. The molecule has 2 aromatic carbocycles. The van der Waals surface area contributed by atoms with Crippen LogP contribution in [-0.2, 0) is 4.79 Å². The summed E-state index contributed by atoms with van der Waals surface area (Å²) >= 11 is 0. The van der Waals surface area contributed by atoms with Crippen LogP contribution >= 0.6 is 0 Å². The molecule has 3 aromatic rings. The molecule has 1 fully saturated rings. The first kappa shape index (κ1) is 20.5. The quantitative estimate of drug-likeness (QED) is 0.635. The zero-order valence-electron chi connectivity index (χ0n) is 18.3. The van der Waals surface area contributed by atoms with Gasteiger partial charge >= 0.3 is 0 Å². The molecule has 0 saturated carbocycles. The van der Waals surface area contributed by atoms with Crippen molar-refractivity contribution < 1.29 is 10.1 Å². The van der Waals surface area contributed by atoms with Crippen molar-refractivity contribution in [3.63, 3.8) is 0 Å². The average molecular weight is 406 g/mol. The number of nitrogens with two attached hydrogens (primary N) is 1. The molecular formula is C25H33N4O+. The number of carbonyl (C=O) groups excluding carboxylic acids is 1. The maximum absolute atomic E-state index is 12.8. The fourth-order valence-corrected chi connectivity index (χ4v) is 4.50. The Morgan fingerprint density at radius 1 is 1.10 bits per heavy atom. The van der Waals surface area contributed by atoms with Crippen molar-refractivity contribution in [3.05, 3.63) is 65.9 Å². The number of likely N-dealkylation sites (tertiary alicyclic amines) is 1. The van der Waals surface area contributed by atoms with Gasteiger partial charge in [-0.15, -0.1) is 0 Å². The molecule has 1 aliphatic rings. The minimum absolute atomic E-state index is 0.0585. The van der Waals surface area contributed by atoms with Gasteiger partial charge in [-0.25, -0.2) is 0 Å². The number of para-hydroxylation sites is 1. The highest BCUT2D eigenvalue weighted by atomic mass is 16.2. The van der Waals surface area contributed by atoms with E-state index in [-0.39, 0.29) is 17.9 Å². The second-order valence-corrected chi connectivity index (χ2v) is 8.62. The van der Waals surface area contributed by atoms with E-state index in [2.05, 4.69) is 84.0 Å². The number of hydrogen-bond donors (Lipinski definition) is 2. The Kier molecular flexibility index (Phi) is 6.09. The zero-order chi connectivity index (χ0) is 21.1. The first-order valence-electron chi connectivity index (χ1n) is 11.0. The summed E-state index contributed by atoms with van der Waals surface area (Å²) < 4.78 is 0. The molecule has 1 saturated heterocycles. The van der Waals surface area contributed by atoms with Crippen LogP contribution in [0.5, 0.6) is 0 Å². The maximum Gasteiger partial charge on any atom is 0.280 e. The van der Waals surface area contributed by atoms with Gasteiger partial charge in [-0.2, -0.15) is 0 Å². The minimum atomic E-state index is -0.0585. The third-order valence-electron chi connectivity index (χ3n) is 6.34. The molecule has 5 nitrogen and oxygen atoms in total. The molecule has 0 bridgehead atoms. The van der Waals surface area contributed by atoms with Crippen LogP contribution in [0.3, 0.4) is 0 Å². The second-order valence-electron chi connectivity index (χ2n) is 8.62. The Balaban J connectivity index is 1.59. The molecule has 30 heavy (non-hydrogen) atoms. The van der Waals surface area contributed by atoms with Crippen LogP contribution in [0.1, 0.15) is 36.8 Å². The van der Waals surface area contributed by atoms with Crippen LogP contribution < -0.4 is 10.2 Å². The van der Waals surface area contributed by atoms with Gasteiger partial charge in [0.2, 0.25) is 0 Å². The van der Waals surface area contributed by atoms with Gasteiger partial charge in [-0.05, 0) is 49.1 Å². The van der Waals surface area contributed by atoms with Crippen LogP contribution in [0.4, 0.5) is 5.69 Å². The number of nitrogens with one attached hydrogen (secondary N) is 1. The Hall–Kier alpha value is -2.79. The number of rotatable bonds is 7. The van der Waals surface area contributed by atoms with Crippen molar-refractivity contribution >= 4 is 22.5 Å². The van der Waals surface area contributed by atoms with Gasteiger partial charge < -0.3 is 20.1 Å². The fourth-order valence-electron chi connectivity index (χ4n) is 4.50. The fraction of sp³-hybridized carbons (Fsp3) is 0.400. The molecule has 1 aromatic heterocycles. The summed E-state index contributed by atoms with van der Waals surface area (Å²) in [6.07, 6.45) is 4.40. The SMILES string of the molecule is C[C@H]([NH2+]C[C@H](c1ccc(N(C)C)cc1)c1c[nH]c2ccccc12)C(=O)N1CCCC1. The van der Waals surface area contributed by atoms with E-state index < -0.39 is 0 Å². The standard InChI is InChI=1S/C25H32N4O/c1-18(25(30)29-14-6-7-15-29)26-16-22(19-10-12-20(13-11-19)28(2)3)23-17-27-24-9-5-4-8-21(23)24/h4-5,8-13,17-18,22,26-27H,6-7,14-16H2,1-3H3/p+1/t18-,22+/m0/s1. The number of nitrogens with zero attached hydrogens (tertiary/aromatic N) is 2. The second kappa shape index (κ2) is 8.92. The number of benzene rings is 2. The van der Waals surface area contributed by atoms with E-state index in [1.54, 1.807) is 0 Å². The number of H-pyrrole nitrogens is 1. The monoisotopic (exact) mass is 405 g/mol. The highest BCUT2D eigenvalue weighted by Gasteiger charge is 2.27. The lowest BCUT2D eigenvalue weighted by Crippen LogP contribution is -2.92. The third kappa shape index (κ3) is 4.21. The predicted molar refractivity (Wildman–Crippen MR) is 123 cm³/mol. The number of fused-ring (bicyclic) bond motifs is 1. The first-order valence-corrected chi connectivity index (χ1v) is 11.0. The van der Waals surface area contributed by atoms with Crippen molar-refractivity contribution in [2.75, 3.05) is 38.6 Å². The number of amides is 1. The molecule has 0 unspecified atom stereocenters. The highest BCUT2D eigenvalue weighted by Crippen LogP contribution is 2.30. The van der Waals surface area contributed by atoms with Crippen molar-refractivity contribution in [1.82, 2.24) is 9.88 Å². The molecule has 2 atom stereocenters. The lowest BCUT2D eigenvalue weighted by Gasteiger charge is -2.22. The Morgan fingerprint density at radius 2 is 1.80 bits per heavy atom. The summed E-state index contributed by atoms with van der Waals surface area (Å²) in [6.45, 7) is 4.70. The van der Waals surface area contributed by atoms with Crippen molar-refractivity contribution in [2.45, 2.75) is 31.7 Å². The lowest BCUT2D eigenvalue weighted by molar-refractivity contribution is -0.675. The molecule has 1 amide bonds. The topological polar surface area (TPSA) is 56.0 Å². The van der Waals surface area contributed by atoms with Crippen molar-refractivity contribution in [3.8, 4) is 0 Å². The van der Waals surface area contributed by atoms with E-state index in [4.69, 9.17) is 0 Å². The van der Waals surface area contributed by atoms with Crippen LogP contribution in [0.2, 0.25) is 0 Å². The normalized spacial score (nSPS) is 16.0. The molecule has 0 aliphatic carbocycles. The van der Waals surface area contributed by atoms with Crippen LogP contribution in [-0.4, -0.2) is 55.6 Å². The van der Waals surface area contributed by atoms with Crippen molar-refractivity contribution in [1.29, 1.82) is 0 Å². The van der Waals surface area contributed by atoms with Gasteiger partial charge in [0.25, 0.3) is 5.91 Å². The molecule has 3 N–H and O–H groups in total. The Labute approximate surface area is 179 Å². The summed E-state index contributed by atoms with van der Waals surface area (Å²) in [5, 5.41) is 3.47. The molecule has 1 aliphatic heterocycles. The van der Waals surface area contributed by atoms with E-state index >= 15 is 0 Å². The van der Waals surface area contributed by atoms with E-state index in [9.17, 15) is 4.79 Å². The molecule has 0 radical (unpaired) electrons. The van der Waals surface area contributed by atoms with Gasteiger partial charge in [0, 0.05) is 50.0 Å². The highest BCUT2D eigenvalue weighted by molar-refractivity contribution is 5.84. The molecule has 4 rings (SSSR count). The van der Waals surface area contributed by atoms with Gasteiger partial charge in [0.05, 0.1) is 12.5 Å². The van der Waals surface area contributed by atoms with Gasteiger partial charge in [-0.1, -0.05) is 30.3 Å². The number of carbonyl (C=O) groups is 1. The number of aromatic nitrogens is 1. The Bertz CT molecular complexity index is 986. The van der Waals surface area contributed by atoms with E-state index in [1.807, 2.05) is 11.8 Å². The molecule has 2 heterocycles. The van der Waals surface area contributed by atoms with E-state index in [0.717, 1.165) is 38.0 Å². The Morgan fingerprint density at radius 3 is 2.50 bits per heavy atom. The van der Waals surface area contributed by atoms with Gasteiger partial charge in [0.15, 0.2) is 6.04 Å². The smallest absolute Gasteiger partial charge is 0.280 e. The van der Waals surface area contributed by atoms with Crippen LogP contribution in [0, 0.1) is 0 Å². The number of quaternary nitrogens is 1. The van der Waals surface area contributed by atoms with E-state index in [0.29, 0.717) is 0 Å². The van der Waals surface area contributed by atoms with Gasteiger partial charge in [0.1, 0.15) is 0 Å². The molecule has 5 heteroatoms. The lowest BCUT2D eigenvalue weighted by atomic mass is 9.90. The molecular weight excluding hydrogens is 372 g/mol. The largest absolute Gasteiger partial charge is 0.378 e. The summed E-state index contributed by atoms with van der Waals surface area (Å²) in [5.41, 5.74) is 4.92. The van der Waals surface area contributed by atoms with Crippen LogP contribution in [0.25, 0.3) is 10.9 Å². The van der Waals surface area contributed by atoms with Gasteiger partial charge in [-0.3, -0.25) is 4.79 Å². The number of hydrogen-bond acceptors (Lipinski definition) is 2. The summed E-state index contributed by atoms with van der Waals surface area (Å²) in [7, 11) is 4.12. The minimum Gasteiger partial charge on any atom is -0.378 e. The zero-order valence-corrected chi connectivity index (χ0v) is 18.3. The summed E-state index contributed by atoms with van der Waals surface area (Å²) in [5.74, 6) is 0.485. The maximum atomic E-state index is 12.8. The van der Waals surface area contributed by atoms with Crippen LogP contribution in [0.15, 0.2) is 54.7 Å². The summed E-state index contributed by atoms with van der Waals surface area (Å²) in [6, 6.07) is 17.2.